The molecule has 104 valence electrons. The zero-order valence-corrected chi connectivity index (χ0v) is 11.4. The number of aliphatic hydroxyl groups excluding tert-OH is 1. The van der Waals surface area contributed by atoms with E-state index in [2.05, 4.69) is 5.32 Å². The number of hydrogen-bond acceptors (Lipinski definition) is 4. The maximum atomic E-state index is 11.9. The lowest BCUT2D eigenvalue weighted by Gasteiger charge is -2.27. The third-order valence-electron chi connectivity index (χ3n) is 2.66. The van der Waals surface area contributed by atoms with Crippen molar-refractivity contribution >= 4 is 12.0 Å². The van der Waals surface area contributed by atoms with Crippen molar-refractivity contribution in [2.24, 2.45) is 0 Å². The van der Waals surface area contributed by atoms with Gasteiger partial charge in [0.15, 0.2) is 0 Å². The Morgan fingerprint density at radius 1 is 1.44 bits per heavy atom. The molecule has 0 radical (unpaired) electrons. The Balaban J connectivity index is 2.64. The van der Waals surface area contributed by atoms with Crippen LogP contribution in [0.4, 0.5) is 4.79 Å². The molecule has 6 nitrogen and oxygen atoms in total. The molecule has 6 heteroatoms. The van der Waals surface area contributed by atoms with E-state index in [1.807, 2.05) is 0 Å². The molecule has 0 unspecified atom stereocenters. The lowest BCUT2D eigenvalue weighted by atomic mass is 10.2. The van der Waals surface area contributed by atoms with Crippen LogP contribution in [0.2, 0.25) is 0 Å². The first kappa shape index (κ1) is 14.8. The van der Waals surface area contributed by atoms with Crippen molar-refractivity contribution < 1.29 is 19.4 Å². The van der Waals surface area contributed by atoms with E-state index >= 15 is 0 Å². The Hall–Kier alpha value is -1.30. The molecule has 0 aromatic carbocycles. The highest BCUT2D eigenvalue weighted by atomic mass is 16.6. The minimum absolute atomic E-state index is 0.118. The van der Waals surface area contributed by atoms with Gasteiger partial charge in [-0.15, -0.1) is 0 Å². The normalized spacial score (nSPS) is 23.9. The number of ether oxygens (including phenoxy) is 1. The number of nitrogens with zero attached hydrogens (tertiary/aromatic N) is 1. The van der Waals surface area contributed by atoms with Crippen LogP contribution in [0.5, 0.6) is 0 Å². The van der Waals surface area contributed by atoms with E-state index in [0.29, 0.717) is 13.0 Å². The number of amides is 2. The predicted molar refractivity (Wildman–Crippen MR) is 66.0 cm³/mol. The fourth-order valence-electron chi connectivity index (χ4n) is 2.03. The lowest BCUT2D eigenvalue weighted by molar-refractivity contribution is -0.119. The van der Waals surface area contributed by atoms with Gasteiger partial charge in [-0.25, -0.2) is 4.79 Å². The van der Waals surface area contributed by atoms with Gasteiger partial charge in [-0.05, 0) is 27.2 Å². The van der Waals surface area contributed by atoms with E-state index in [4.69, 9.17) is 4.74 Å². The van der Waals surface area contributed by atoms with Gasteiger partial charge < -0.3 is 20.1 Å². The molecule has 0 saturated carbocycles. The van der Waals surface area contributed by atoms with Gasteiger partial charge >= 0.3 is 6.09 Å². The molecule has 0 bridgehead atoms. The summed E-state index contributed by atoms with van der Waals surface area (Å²) in [5.74, 6) is -0.136. The quantitative estimate of drug-likeness (QED) is 0.755. The van der Waals surface area contributed by atoms with Crippen LogP contribution in [0, 0.1) is 0 Å². The molecule has 0 spiro atoms. The summed E-state index contributed by atoms with van der Waals surface area (Å²) >= 11 is 0. The number of carbonyl (C=O) groups excluding carboxylic acids is 2. The summed E-state index contributed by atoms with van der Waals surface area (Å²) in [6, 6.07) is -0.413. The largest absolute Gasteiger partial charge is 0.444 e. The van der Waals surface area contributed by atoms with E-state index < -0.39 is 11.7 Å². The van der Waals surface area contributed by atoms with Crippen LogP contribution < -0.4 is 5.32 Å². The number of likely N-dealkylation sites (tertiary alicyclic amines) is 1. The average molecular weight is 258 g/mol. The van der Waals surface area contributed by atoms with Crippen molar-refractivity contribution in [3.8, 4) is 0 Å². The Bertz CT molecular complexity index is 325. The Morgan fingerprint density at radius 2 is 2.06 bits per heavy atom. The van der Waals surface area contributed by atoms with E-state index in [1.165, 1.54) is 11.8 Å². The van der Waals surface area contributed by atoms with Gasteiger partial charge in [-0.1, -0.05) is 0 Å². The first-order chi connectivity index (χ1) is 8.23. The highest BCUT2D eigenvalue weighted by Crippen LogP contribution is 2.21. The molecular weight excluding hydrogens is 236 g/mol. The third-order valence-corrected chi connectivity index (χ3v) is 2.66. The number of rotatable bonds is 2. The number of nitrogens with one attached hydrogen (secondary N) is 1. The predicted octanol–water partition coefficient (Wildman–Crippen LogP) is 0.493. The summed E-state index contributed by atoms with van der Waals surface area (Å²) in [6.07, 6.45) is 0.101. The van der Waals surface area contributed by atoms with Gasteiger partial charge in [-0.2, -0.15) is 0 Å². The maximum Gasteiger partial charge on any atom is 0.410 e. The van der Waals surface area contributed by atoms with Crippen molar-refractivity contribution in [3.05, 3.63) is 0 Å². The Labute approximate surface area is 107 Å². The minimum Gasteiger partial charge on any atom is -0.444 e. The van der Waals surface area contributed by atoms with Gasteiger partial charge in [0.2, 0.25) is 5.91 Å². The topological polar surface area (TPSA) is 78.9 Å². The number of aliphatic hydroxyl groups is 1. The zero-order chi connectivity index (χ0) is 13.9. The molecule has 1 aliphatic heterocycles. The van der Waals surface area contributed by atoms with E-state index in [9.17, 15) is 14.7 Å². The summed E-state index contributed by atoms with van der Waals surface area (Å²) in [5.41, 5.74) is -0.566. The van der Waals surface area contributed by atoms with Crippen LogP contribution >= 0.6 is 0 Å². The number of hydrogen-bond donors (Lipinski definition) is 2. The zero-order valence-electron chi connectivity index (χ0n) is 11.4. The Morgan fingerprint density at radius 3 is 2.50 bits per heavy atom. The second kappa shape index (κ2) is 5.56. The fourth-order valence-corrected chi connectivity index (χ4v) is 2.03. The fraction of sp³-hybridized carbons (Fsp3) is 0.833. The van der Waals surface area contributed by atoms with Crippen LogP contribution in [0.1, 0.15) is 34.1 Å². The molecule has 1 saturated heterocycles. The maximum absolute atomic E-state index is 11.9. The van der Waals surface area contributed by atoms with Crippen molar-refractivity contribution in [3.63, 3.8) is 0 Å². The third kappa shape index (κ3) is 4.18. The van der Waals surface area contributed by atoms with Gasteiger partial charge in [0.05, 0.1) is 12.6 Å². The summed E-state index contributed by atoms with van der Waals surface area (Å²) < 4.78 is 5.27. The van der Waals surface area contributed by atoms with Gasteiger partial charge in [0, 0.05) is 19.5 Å². The van der Waals surface area contributed by atoms with Crippen LogP contribution in [-0.4, -0.2) is 52.8 Å². The first-order valence-electron chi connectivity index (χ1n) is 6.10. The smallest absolute Gasteiger partial charge is 0.410 e. The van der Waals surface area contributed by atoms with Crippen LogP contribution in [0.15, 0.2) is 0 Å². The standard InChI is InChI=1S/C12H22N2O4/c1-8(16)13-9-5-10(7-15)14(6-9)11(17)18-12(2,3)4/h9-10,15H,5-7H2,1-4H3,(H,13,16)/t9-,10-/m1/s1. The van der Waals surface area contributed by atoms with Crippen molar-refractivity contribution in [1.29, 1.82) is 0 Å². The average Bonchev–Trinajstić information content (AvgIpc) is 2.57. The van der Waals surface area contributed by atoms with Crippen molar-refractivity contribution in [2.75, 3.05) is 13.2 Å². The van der Waals surface area contributed by atoms with Crippen LogP contribution in [-0.2, 0) is 9.53 Å². The minimum atomic E-state index is -0.566. The summed E-state index contributed by atoms with van der Waals surface area (Å²) in [4.78, 5) is 24.4. The van der Waals surface area contributed by atoms with Crippen molar-refractivity contribution in [1.82, 2.24) is 10.2 Å². The Kier molecular flexibility index (Phi) is 4.56. The van der Waals surface area contributed by atoms with E-state index in [0.717, 1.165) is 0 Å². The SMILES string of the molecule is CC(=O)N[C@@H]1C[C@H](CO)N(C(=O)OC(C)(C)C)C1. The monoisotopic (exact) mass is 258 g/mol. The summed E-state index contributed by atoms with van der Waals surface area (Å²) in [7, 11) is 0. The van der Waals surface area contributed by atoms with Gasteiger partial charge in [-0.3, -0.25) is 4.79 Å². The molecule has 0 aromatic rings. The second-order valence-corrected chi connectivity index (χ2v) is 5.60. The van der Waals surface area contributed by atoms with E-state index in [-0.39, 0.29) is 24.6 Å². The molecule has 2 N–H and O–H groups in total. The van der Waals surface area contributed by atoms with Crippen molar-refractivity contribution in [2.45, 2.75) is 51.8 Å². The van der Waals surface area contributed by atoms with Crippen LogP contribution in [0.3, 0.4) is 0 Å². The second-order valence-electron chi connectivity index (χ2n) is 5.60. The highest BCUT2D eigenvalue weighted by Gasteiger charge is 2.37. The molecule has 2 amide bonds. The first-order valence-corrected chi connectivity index (χ1v) is 6.10. The molecule has 1 fully saturated rings. The highest BCUT2D eigenvalue weighted by molar-refractivity contribution is 5.74. The molecule has 18 heavy (non-hydrogen) atoms. The molecule has 0 aromatic heterocycles. The summed E-state index contributed by atoms with van der Waals surface area (Å²) in [5, 5.41) is 12.0. The molecule has 2 atom stereocenters. The van der Waals surface area contributed by atoms with Gasteiger partial charge in [0.1, 0.15) is 5.60 Å². The molecule has 0 aliphatic carbocycles. The molecular formula is C12H22N2O4. The molecule has 1 aliphatic rings. The molecule has 1 heterocycles. The van der Waals surface area contributed by atoms with Gasteiger partial charge in [0.25, 0.3) is 0 Å². The summed E-state index contributed by atoms with van der Waals surface area (Å²) in [6.45, 7) is 7.06. The molecule has 1 rings (SSSR count). The lowest BCUT2D eigenvalue weighted by Crippen LogP contribution is -2.42. The van der Waals surface area contributed by atoms with E-state index in [1.54, 1.807) is 20.8 Å². The van der Waals surface area contributed by atoms with Crippen LogP contribution in [0.25, 0.3) is 0 Å². The number of carbonyl (C=O) groups is 2.